The Morgan fingerprint density at radius 3 is 2.60 bits per heavy atom. The van der Waals surface area contributed by atoms with Crippen LogP contribution in [0.5, 0.6) is 0 Å². The van der Waals surface area contributed by atoms with Crippen LogP contribution in [0, 0.1) is 6.92 Å². The summed E-state index contributed by atoms with van der Waals surface area (Å²) in [5.74, 6) is -2.34. The standard InChI is InChI=1S/C10H11NO7S2/c1-6-9(4-8(18-6)10(12)13)20(16,17)11-7-2-3-19(14,15)5-7/h2-4,7,11H,5H2,1H3,(H,12,13). The molecule has 1 aromatic heterocycles. The van der Waals surface area contributed by atoms with E-state index < -0.39 is 37.6 Å². The van der Waals surface area contributed by atoms with E-state index in [4.69, 9.17) is 9.52 Å². The Bertz CT molecular complexity index is 786. The van der Waals surface area contributed by atoms with E-state index in [1.54, 1.807) is 0 Å². The maximum atomic E-state index is 12.1. The Balaban J connectivity index is 2.28. The van der Waals surface area contributed by atoms with Crippen LogP contribution in [-0.2, 0) is 19.9 Å². The van der Waals surface area contributed by atoms with Crippen molar-refractivity contribution in [1.82, 2.24) is 4.72 Å². The zero-order valence-electron chi connectivity index (χ0n) is 10.2. The molecule has 20 heavy (non-hydrogen) atoms. The van der Waals surface area contributed by atoms with E-state index in [2.05, 4.69) is 4.72 Å². The van der Waals surface area contributed by atoms with E-state index in [0.29, 0.717) is 0 Å². The molecule has 1 unspecified atom stereocenters. The highest BCUT2D eigenvalue weighted by atomic mass is 32.2. The number of nitrogens with one attached hydrogen (secondary N) is 1. The predicted octanol–water partition coefficient (Wildman–Crippen LogP) is -0.125. The van der Waals surface area contributed by atoms with Crippen LogP contribution in [0.2, 0.25) is 0 Å². The summed E-state index contributed by atoms with van der Waals surface area (Å²) < 4.78 is 53.5. The van der Waals surface area contributed by atoms with Crippen molar-refractivity contribution in [1.29, 1.82) is 0 Å². The predicted molar refractivity (Wildman–Crippen MR) is 67.4 cm³/mol. The fourth-order valence-corrected chi connectivity index (χ4v) is 4.46. The van der Waals surface area contributed by atoms with Crippen molar-refractivity contribution in [3.05, 3.63) is 29.1 Å². The summed E-state index contributed by atoms with van der Waals surface area (Å²) in [4.78, 5) is 10.4. The van der Waals surface area contributed by atoms with Crippen LogP contribution in [0.25, 0.3) is 0 Å². The lowest BCUT2D eigenvalue weighted by molar-refractivity contribution is 0.0661. The van der Waals surface area contributed by atoms with E-state index in [1.807, 2.05) is 0 Å². The topological polar surface area (TPSA) is 131 Å². The van der Waals surface area contributed by atoms with Crippen LogP contribution in [0.4, 0.5) is 0 Å². The van der Waals surface area contributed by atoms with Crippen molar-refractivity contribution >= 4 is 25.8 Å². The Morgan fingerprint density at radius 2 is 2.15 bits per heavy atom. The monoisotopic (exact) mass is 321 g/mol. The van der Waals surface area contributed by atoms with Crippen molar-refractivity contribution < 1.29 is 31.2 Å². The summed E-state index contributed by atoms with van der Waals surface area (Å²) in [7, 11) is -7.45. The van der Waals surface area contributed by atoms with Crippen molar-refractivity contribution in [2.75, 3.05) is 5.75 Å². The SMILES string of the molecule is Cc1oc(C(=O)O)cc1S(=O)(=O)NC1C=CS(=O)(=O)C1. The minimum Gasteiger partial charge on any atom is -0.475 e. The molecule has 0 saturated carbocycles. The largest absolute Gasteiger partial charge is 0.475 e. The van der Waals surface area contributed by atoms with Gasteiger partial charge < -0.3 is 9.52 Å². The van der Waals surface area contributed by atoms with Crippen molar-refractivity contribution in [3.8, 4) is 0 Å². The summed E-state index contributed by atoms with van der Waals surface area (Å²) in [5, 5.41) is 9.68. The van der Waals surface area contributed by atoms with E-state index in [9.17, 15) is 21.6 Å². The molecule has 1 aliphatic heterocycles. The third-order valence-electron chi connectivity index (χ3n) is 2.61. The fraction of sp³-hybridized carbons (Fsp3) is 0.300. The number of sulfonamides is 1. The van der Waals surface area contributed by atoms with Gasteiger partial charge in [-0.2, -0.15) is 0 Å². The van der Waals surface area contributed by atoms with Gasteiger partial charge in [-0.1, -0.05) is 6.08 Å². The van der Waals surface area contributed by atoms with Gasteiger partial charge in [0.15, 0.2) is 9.84 Å². The number of rotatable bonds is 4. The maximum Gasteiger partial charge on any atom is 0.371 e. The molecule has 0 bridgehead atoms. The third-order valence-corrected chi connectivity index (χ3v) is 5.60. The molecule has 1 aliphatic rings. The van der Waals surface area contributed by atoms with E-state index in [1.165, 1.54) is 13.0 Å². The molecule has 2 rings (SSSR count). The molecular weight excluding hydrogens is 310 g/mol. The molecule has 0 spiro atoms. The van der Waals surface area contributed by atoms with Crippen LogP contribution in [0.3, 0.4) is 0 Å². The lowest BCUT2D eigenvalue weighted by atomic mass is 10.4. The van der Waals surface area contributed by atoms with Gasteiger partial charge in [0.05, 0.1) is 11.8 Å². The molecule has 0 amide bonds. The molecule has 0 aromatic carbocycles. The second-order valence-corrected chi connectivity index (χ2v) is 7.84. The van der Waals surface area contributed by atoms with Gasteiger partial charge in [0.2, 0.25) is 15.8 Å². The van der Waals surface area contributed by atoms with Crippen LogP contribution >= 0.6 is 0 Å². The molecule has 0 fully saturated rings. The smallest absolute Gasteiger partial charge is 0.371 e. The second kappa shape index (κ2) is 4.72. The number of carboxylic acids is 1. The minimum absolute atomic E-state index is 0.0836. The molecule has 0 saturated heterocycles. The molecule has 0 radical (unpaired) electrons. The van der Waals surface area contributed by atoms with E-state index in [0.717, 1.165) is 11.5 Å². The molecule has 2 N–H and O–H groups in total. The number of carbonyl (C=O) groups is 1. The van der Waals surface area contributed by atoms with Crippen LogP contribution in [0.1, 0.15) is 16.3 Å². The first-order valence-electron chi connectivity index (χ1n) is 5.38. The molecule has 1 atom stereocenters. The zero-order chi connectivity index (χ0) is 15.1. The molecular formula is C10H11NO7S2. The van der Waals surface area contributed by atoms with Gasteiger partial charge >= 0.3 is 5.97 Å². The van der Waals surface area contributed by atoms with Gasteiger partial charge in [-0.3, -0.25) is 0 Å². The highest BCUT2D eigenvalue weighted by molar-refractivity contribution is 7.94. The molecule has 1 aromatic rings. The first-order valence-corrected chi connectivity index (χ1v) is 8.57. The van der Waals surface area contributed by atoms with Gasteiger partial charge in [0, 0.05) is 11.5 Å². The van der Waals surface area contributed by atoms with Gasteiger partial charge in [0.25, 0.3) is 0 Å². The van der Waals surface area contributed by atoms with Crippen LogP contribution in [0.15, 0.2) is 26.9 Å². The van der Waals surface area contributed by atoms with Crippen molar-refractivity contribution in [2.24, 2.45) is 0 Å². The first kappa shape index (κ1) is 14.8. The normalized spacial score (nSPS) is 21.1. The molecule has 0 aliphatic carbocycles. The van der Waals surface area contributed by atoms with Gasteiger partial charge in [-0.15, -0.1) is 0 Å². The molecule has 2 heterocycles. The lowest BCUT2D eigenvalue weighted by Gasteiger charge is -2.09. The first-order chi connectivity index (χ1) is 9.11. The van der Waals surface area contributed by atoms with E-state index >= 15 is 0 Å². The Kier molecular flexibility index (Phi) is 3.48. The average Bonchev–Trinajstić information content (AvgIpc) is 2.82. The Labute approximate surface area is 115 Å². The molecule has 10 heteroatoms. The van der Waals surface area contributed by atoms with Crippen molar-refractivity contribution in [3.63, 3.8) is 0 Å². The van der Waals surface area contributed by atoms with Crippen molar-refractivity contribution in [2.45, 2.75) is 17.9 Å². The minimum atomic E-state index is -4.06. The summed E-state index contributed by atoms with van der Waals surface area (Å²) in [6, 6.07) is 0.000237. The molecule has 110 valence electrons. The number of aryl methyl sites for hydroxylation is 1. The number of hydrogen-bond donors (Lipinski definition) is 2. The number of carboxylic acid groups (broad SMARTS) is 1. The van der Waals surface area contributed by atoms with Gasteiger partial charge in [-0.25, -0.2) is 26.4 Å². The fourth-order valence-electron chi connectivity index (χ4n) is 1.75. The molecule has 8 nitrogen and oxygen atoms in total. The third kappa shape index (κ3) is 2.92. The Morgan fingerprint density at radius 1 is 1.50 bits per heavy atom. The number of furan rings is 1. The quantitative estimate of drug-likeness (QED) is 0.790. The van der Waals surface area contributed by atoms with Gasteiger partial charge in [0.1, 0.15) is 10.7 Å². The van der Waals surface area contributed by atoms with E-state index in [-0.39, 0.29) is 16.4 Å². The number of hydrogen-bond acceptors (Lipinski definition) is 6. The summed E-state index contributed by atoms with van der Waals surface area (Å²) >= 11 is 0. The van der Waals surface area contributed by atoms with Crippen LogP contribution < -0.4 is 4.72 Å². The maximum absolute atomic E-state index is 12.1. The highest BCUT2D eigenvalue weighted by Gasteiger charge is 2.29. The zero-order valence-corrected chi connectivity index (χ0v) is 11.9. The summed E-state index contributed by atoms with van der Waals surface area (Å²) in [6.45, 7) is 1.31. The second-order valence-electron chi connectivity index (χ2n) is 4.22. The number of sulfone groups is 1. The summed E-state index contributed by atoms with van der Waals surface area (Å²) in [5.41, 5.74) is 0. The lowest BCUT2D eigenvalue weighted by Crippen LogP contribution is -2.35. The number of aromatic carboxylic acids is 1. The summed E-state index contributed by atoms with van der Waals surface area (Å²) in [6.07, 6.45) is 1.22. The van der Waals surface area contributed by atoms with Gasteiger partial charge in [-0.05, 0) is 6.92 Å². The Hall–Kier alpha value is -1.65. The average molecular weight is 321 g/mol. The van der Waals surface area contributed by atoms with Crippen LogP contribution in [-0.4, -0.2) is 39.7 Å². The highest BCUT2D eigenvalue weighted by Crippen LogP contribution is 2.21.